The van der Waals surface area contributed by atoms with Crippen molar-refractivity contribution in [1.29, 1.82) is 0 Å². The highest BCUT2D eigenvalue weighted by Crippen LogP contribution is 2.29. The molecule has 0 aromatic carbocycles. The maximum atomic E-state index is 11.8. The molecule has 0 bridgehead atoms. The van der Waals surface area contributed by atoms with Crippen LogP contribution < -0.4 is 11.1 Å². The van der Waals surface area contributed by atoms with E-state index < -0.39 is 6.04 Å². The zero-order chi connectivity index (χ0) is 12.8. The number of carbonyl (C=O) groups excluding carboxylic acids is 1. The molecule has 3 N–H and O–H groups in total. The fraction of sp³-hybridized carbons (Fsp3) is 0.923. The van der Waals surface area contributed by atoms with Crippen LogP contribution in [0.4, 0.5) is 0 Å². The van der Waals surface area contributed by atoms with E-state index in [9.17, 15) is 4.79 Å². The van der Waals surface area contributed by atoms with E-state index >= 15 is 0 Å². The highest BCUT2D eigenvalue weighted by Gasteiger charge is 2.26. The summed E-state index contributed by atoms with van der Waals surface area (Å²) in [4.78, 5) is 11.8. The number of hydrogen-bond donors (Lipinski definition) is 2. The van der Waals surface area contributed by atoms with Crippen LogP contribution in [-0.4, -0.2) is 31.7 Å². The molecule has 0 saturated heterocycles. The smallest absolute Gasteiger partial charge is 0.239 e. The van der Waals surface area contributed by atoms with Crippen molar-refractivity contribution < 1.29 is 9.53 Å². The van der Waals surface area contributed by atoms with Crippen LogP contribution in [0.5, 0.6) is 0 Å². The lowest BCUT2D eigenvalue weighted by atomic mass is 9.79. The van der Waals surface area contributed by atoms with Gasteiger partial charge in [0.15, 0.2) is 0 Å². The number of carbonyl (C=O) groups is 1. The summed E-state index contributed by atoms with van der Waals surface area (Å²) in [5.74, 6) is 1.34. The number of nitrogens with two attached hydrogens (primary N) is 1. The third kappa shape index (κ3) is 4.64. The highest BCUT2D eigenvalue weighted by atomic mass is 16.5. The van der Waals surface area contributed by atoms with Gasteiger partial charge in [-0.25, -0.2) is 0 Å². The lowest BCUT2D eigenvalue weighted by Crippen LogP contribution is -2.48. The number of nitrogens with one attached hydrogen (secondary N) is 1. The molecule has 1 saturated carbocycles. The molecule has 0 spiro atoms. The molecular weight excluding hydrogens is 216 g/mol. The van der Waals surface area contributed by atoms with Gasteiger partial charge in [0.05, 0.1) is 6.61 Å². The molecule has 3 atom stereocenters. The van der Waals surface area contributed by atoms with Gasteiger partial charge >= 0.3 is 0 Å². The van der Waals surface area contributed by atoms with Gasteiger partial charge in [0.2, 0.25) is 5.91 Å². The average molecular weight is 242 g/mol. The second-order valence-corrected chi connectivity index (χ2v) is 5.44. The first-order valence-electron chi connectivity index (χ1n) is 6.59. The Morgan fingerprint density at radius 3 is 2.76 bits per heavy atom. The van der Waals surface area contributed by atoms with E-state index in [4.69, 9.17) is 10.5 Å². The fourth-order valence-corrected chi connectivity index (χ4v) is 2.53. The SMILES string of the molecule is COCC(N)C(=O)NC1CCCC(C(C)C)C1. The molecule has 1 amide bonds. The minimum absolute atomic E-state index is 0.0822. The summed E-state index contributed by atoms with van der Waals surface area (Å²) in [7, 11) is 1.56. The summed E-state index contributed by atoms with van der Waals surface area (Å²) >= 11 is 0. The maximum Gasteiger partial charge on any atom is 0.239 e. The predicted octanol–water partition coefficient (Wildman–Crippen LogP) is 1.29. The minimum Gasteiger partial charge on any atom is -0.383 e. The van der Waals surface area contributed by atoms with Gasteiger partial charge in [0.1, 0.15) is 6.04 Å². The molecule has 4 nitrogen and oxygen atoms in total. The topological polar surface area (TPSA) is 64.3 Å². The molecule has 1 aliphatic rings. The van der Waals surface area contributed by atoms with Crippen molar-refractivity contribution in [3.8, 4) is 0 Å². The molecule has 0 aromatic heterocycles. The summed E-state index contributed by atoms with van der Waals surface area (Å²) in [6, 6.07) is -0.244. The number of amides is 1. The molecule has 0 aliphatic heterocycles. The van der Waals surface area contributed by atoms with Crippen molar-refractivity contribution in [2.24, 2.45) is 17.6 Å². The molecule has 0 radical (unpaired) electrons. The quantitative estimate of drug-likeness (QED) is 0.763. The Labute approximate surface area is 104 Å². The van der Waals surface area contributed by atoms with Crippen LogP contribution >= 0.6 is 0 Å². The van der Waals surface area contributed by atoms with E-state index in [1.54, 1.807) is 7.11 Å². The second kappa shape index (κ2) is 6.97. The molecular formula is C13H26N2O2. The lowest BCUT2D eigenvalue weighted by molar-refractivity contribution is -0.124. The van der Waals surface area contributed by atoms with Crippen molar-refractivity contribution in [1.82, 2.24) is 5.32 Å². The molecule has 0 aromatic rings. The number of hydrogen-bond acceptors (Lipinski definition) is 3. The third-order valence-corrected chi connectivity index (χ3v) is 3.69. The van der Waals surface area contributed by atoms with E-state index in [1.165, 1.54) is 12.8 Å². The van der Waals surface area contributed by atoms with Crippen LogP contribution in [0.2, 0.25) is 0 Å². The van der Waals surface area contributed by atoms with E-state index in [0.717, 1.165) is 18.8 Å². The first-order valence-corrected chi connectivity index (χ1v) is 6.59. The first kappa shape index (κ1) is 14.5. The maximum absolute atomic E-state index is 11.8. The van der Waals surface area contributed by atoms with E-state index in [-0.39, 0.29) is 12.5 Å². The molecule has 3 unspecified atom stereocenters. The number of ether oxygens (including phenoxy) is 1. The summed E-state index contributed by atoms with van der Waals surface area (Å²) < 4.78 is 4.89. The molecule has 1 fully saturated rings. The van der Waals surface area contributed by atoms with Crippen molar-refractivity contribution in [2.75, 3.05) is 13.7 Å². The summed E-state index contributed by atoms with van der Waals surface area (Å²) in [6.45, 7) is 4.79. The first-order chi connectivity index (χ1) is 8.04. The molecule has 1 rings (SSSR count). The van der Waals surface area contributed by atoms with E-state index in [1.807, 2.05) is 0 Å². The fourth-order valence-electron chi connectivity index (χ4n) is 2.53. The van der Waals surface area contributed by atoms with Gasteiger partial charge in [-0.3, -0.25) is 4.79 Å². The van der Waals surface area contributed by atoms with Crippen molar-refractivity contribution >= 4 is 5.91 Å². The van der Waals surface area contributed by atoms with Crippen LogP contribution in [0.15, 0.2) is 0 Å². The Morgan fingerprint density at radius 1 is 1.47 bits per heavy atom. The highest BCUT2D eigenvalue weighted by molar-refractivity contribution is 5.81. The number of methoxy groups -OCH3 is 1. The molecule has 100 valence electrons. The Hall–Kier alpha value is -0.610. The second-order valence-electron chi connectivity index (χ2n) is 5.44. The van der Waals surface area contributed by atoms with Gasteiger partial charge in [-0.1, -0.05) is 26.7 Å². The molecule has 17 heavy (non-hydrogen) atoms. The van der Waals surface area contributed by atoms with E-state index in [0.29, 0.717) is 12.0 Å². The predicted molar refractivity (Wildman–Crippen MR) is 68.6 cm³/mol. The lowest BCUT2D eigenvalue weighted by Gasteiger charge is -2.32. The van der Waals surface area contributed by atoms with Crippen LogP contribution in [0.1, 0.15) is 39.5 Å². The van der Waals surface area contributed by atoms with Crippen LogP contribution in [0, 0.1) is 11.8 Å². The van der Waals surface area contributed by atoms with Gasteiger partial charge in [-0.05, 0) is 24.7 Å². The largest absolute Gasteiger partial charge is 0.383 e. The Balaban J connectivity index is 2.38. The summed E-state index contributed by atoms with van der Waals surface area (Å²) in [6.07, 6.45) is 4.65. The summed E-state index contributed by atoms with van der Waals surface area (Å²) in [5.41, 5.74) is 5.70. The minimum atomic E-state index is -0.542. The third-order valence-electron chi connectivity index (χ3n) is 3.69. The number of rotatable bonds is 5. The van der Waals surface area contributed by atoms with Crippen LogP contribution in [0.3, 0.4) is 0 Å². The van der Waals surface area contributed by atoms with Crippen LogP contribution in [0.25, 0.3) is 0 Å². The Kier molecular flexibility index (Phi) is 5.92. The van der Waals surface area contributed by atoms with Crippen molar-refractivity contribution in [3.63, 3.8) is 0 Å². The van der Waals surface area contributed by atoms with Gasteiger partial charge in [-0.2, -0.15) is 0 Å². The van der Waals surface area contributed by atoms with Gasteiger partial charge in [0, 0.05) is 13.2 Å². The molecule has 1 aliphatic carbocycles. The zero-order valence-electron chi connectivity index (χ0n) is 11.2. The standard InChI is InChI=1S/C13H26N2O2/c1-9(2)10-5-4-6-11(7-10)15-13(16)12(14)8-17-3/h9-12H,4-8,14H2,1-3H3,(H,15,16). The monoisotopic (exact) mass is 242 g/mol. The molecule has 4 heteroatoms. The van der Waals surface area contributed by atoms with Crippen molar-refractivity contribution in [3.05, 3.63) is 0 Å². The average Bonchev–Trinajstić information content (AvgIpc) is 2.29. The molecule has 0 heterocycles. The van der Waals surface area contributed by atoms with Gasteiger partial charge in [0.25, 0.3) is 0 Å². The van der Waals surface area contributed by atoms with E-state index in [2.05, 4.69) is 19.2 Å². The normalized spacial score (nSPS) is 26.9. The zero-order valence-corrected chi connectivity index (χ0v) is 11.2. The Morgan fingerprint density at radius 2 is 2.18 bits per heavy atom. The van der Waals surface area contributed by atoms with Gasteiger partial charge in [-0.15, -0.1) is 0 Å². The van der Waals surface area contributed by atoms with Gasteiger partial charge < -0.3 is 15.8 Å². The van der Waals surface area contributed by atoms with Crippen molar-refractivity contribution in [2.45, 2.75) is 51.6 Å². The Bertz CT molecular complexity index is 244. The van der Waals surface area contributed by atoms with Crippen LogP contribution in [-0.2, 0) is 9.53 Å². The summed E-state index contributed by atoms with van der Waals surface area (Å²) in [5, 5.41) is 3.04.